The summed E-state index contributed by atoms with van der Waals surface area (Å²) in [4.78, 5) is 21.3. The Kier molecular flexibility index (Phi) is 5.10. The molecule has 0 radical (unpaired) electrons. The first-order valence-electron chi connectivity index (χ1n) is 9.68. The first kappa shape index (κ1) is 18.2. The Bertz CT molecular complexity index is 939. The Morgan fingerprint density at radius 1 is 1.00 bits per heavy atom. The molecule has 6 heteroatoms. The van der Waals surface area contributed by atoms with E-state index in [-0.39, 0.29) is 5.91 Å². The fourth-order valence-electron chi connectivity index (χ4n) is 3.38. The van der Waals surface area contributed by atoms with Crippen molar-refractivity contribution in [3.05, 3.63) is 65.5 Å². The van der Waals surface area contributed by atoms with E-state index in [0.29, 0.717) is 11.7 Å². The van der Waals surface area contributed by atoms with E-state index in [1.54, 1.807) is 0 Å². The van der Waals surface area contributed by atoms with Gasteiger partial charge in [0.15, 0.2) is 0 Å². The SMILES string of the molecule is CCc1nc(-c2ccc(N3CCN(C(=O)c4ccc(C)cc4)CC3)cc2)no1. The predicted molar refractivity (Wildman–Crippen MR) is 108 cm³/mol. The highest BCUT2D eigenvalue weighted by atomic mass is 16.5. The third-order valence-corrected chi connectivity index (χ3v) is 5.13. The number of nitrogens with zero attached hydrogens (tertiary/aromatic N) is 4. The summed E-state index contributed by atoms with van der Waals surface area (Å²) < 4.78 is 5.18. The maximum absolute atomic E-state index is 12.7. The van der Waals surface area contributed by atoms with E-state index in [1.165, 1.54) is 0 Å². The van der Waals surface area contributed by atoms with Crippen molar-refractivity contribution < 1.29 is 9.32 Å². The lowest BCUT2D eigenvalue weighted by atomic mass is 10.1. The van der Waals surface area contributed by atoms with Crippen molar-refractivity contribution >= 4 is 11.6 Å². The van der Waals surface area contributed by atoms with Gasteiger partial charge in [0.2, 0.25) is 11.7 Å². The lowest BCUT2D eigenvalue weighted by Crippen LogP contribution is -2.48. The Balaban J connectivity index is 1.38. The van der Waals surface area contributed by atoms with Gasteiger partial charge in [-0.25, -0.2) is 0 Å². The highest BCUT2D eigenvalue weighted by Gasteiger charge is 2.22. The van der Waals surface area contributed by atoms with E-state index in [0.717, 1.165) is 55.0 Å². The second kappa shape index (κ2) is 7.84. The number of hydrogen-bond acceptors (Lipinski definition) is 5. The van der Waals surface area contributed by atoms with Gasteiger partial charge in [0, 0.05) is 49.4 Å². The smallest absolute Gasteiger partial charge is 0.253 e. The summed E-state index contributed by atoms with van der Waals surface area (Å²) in [7, 11) is 0. The lowest BCUT2D eigenvalue weighted by molar-refractivity contribution is 0.0747. The van der Waals surface area contributed by atoms with Crippen molar-refractivity contribution in [1.29, 1.82) is 0 Å². The second-order valence-electron chi connectivity index (χ2n) is 7.06. The number of carbonyl (C=O) groups is 1. The summed E-state index contributed by atoms with van der Waals surface area (Å²) in [6.45, 7) is 7.10. The highest BCUT2D eigenvalue weighted by Crippen LogP contribution is 2.22. The molecule has 0 bridgehead atoms. The summed E-state index contributed by atoms with van der Waals surface area (Å²) in [5.74, 6) is 1.38. The van der Waals surface area contributed by atoms with Crippen LogP contribution in [-0.4, -0.2) is 47.1 Å². The first-order chi connectivity index (χ1) is 13.6. The summed E-state index contributed by atoms with van der Waals surface area (Å²) in [5, 5.41) is 4.02. The number of piperazine rings is 1. The average molecular weight is 376 g/mol. The van der Waals surface area contributed by atoms with Crippen molar-refractivity contribution in [2.24, 2.45) is 0 Å². The molecule has 0 spiro atoms. The molecule has 0 unspecified atom stereocenters. The maximum Gasteiger partial charge on any atom is 0.253 e. The summed E-state index contributed by atoms with van der Waals surface area (Å²) in [6.07, 6.45) is 0.733. The van der Waals surface area contributed by atoms with Crippen LogP contribution in [0.5, 0.6) is 0 Å². The molecule has 6 nitrogen and oxygen atoms in total. The van der Waals surface area contributed by atoms with Crippen molar-refractivity contribution in [3.8, 4) is 11.4 Å². The van der Waals surface area contributed by atoms with Crippen molar-refractivity contribution in [1.82, 2.24) is 15.0 Å². The molecule has 1 aromatic heterocycles. The van der Waals surface area contributed by atoms with Crippen LogP contribution in [0.15, 0.2) is 53.1 Å². The minimum absolute atomic E-state index is 0.110. The van der Waals surface area contributed by atoms with Gasteiger partial charge >= 0.3 is 0 Å². The van der Waals surface area contributed by atoms with E-state index in [1.807, 2.05) is 55.1 Å². The van der Waals surface area contributed by atoms with Crippen LogP contribution in [0.2, 0.25) is 0 Å². The maximum atomic E-state index is 12.7. The molecule has 1 saturated heterocycles. The number of aryl methyl sites for hydroxylation is 2. The molecular formula is C22H24N4O2. The predicted octanol–water partition coefficient (Wildman–Crippen LogP) is 3.57. The van der Waals surface area contributed by atoms with Gasteiger partial charge in [0.05, 0.1) is 0 Å². The number of amides is 1. The zero-order valence-electron chi connectivity index (χ0n) is 16.3. The molecule has 144 valence electrons. The third-order valence-electron chi connectivity index (χ3n) is 5.13. The second-order valence-corrected chi connectivity index (χ2v) is 7.06. The summed E-state index contributed by atoms with van der Waals surface area (Å²) in [6, 6.07) is 16.0. The standard InChI is InChI=1S/C22H24N4O2/c1-3-20-23-21(24-28-20)17-8-10-19(11-9-17)25-12-14-26(15-13-25)22(27)18-6-4-16(2)5-7-18/h4-11H,3,12-15H2,1-2H3. The van der Waals surface area contributed by atoms with Crippen LogP contribution in [0.1, 0.15) is 28.7 Å². The van der Waals surface area contributed by atoms with Crippen LogP contribution in [0.3, 0.4) is 0 Å². The number of aromatic nitrogens is 2. The molecule has 0 saturated carbocycles. The van der Waals surface area contributed by atoms with Crippen LogP contribution >= 0.6 is 0 Å². The topological polar surface area (TPSA) is 62.5 Å². The highest BCUT2D eigenvalue weighted by molar-refractivity contribution is 5.94. The van der Waals surface area contributed by atoms with Crippen LogP contribution in [0.4, 0.5) is 5.69 Å². The number of anilines is 1. The molecule has 28 heavy (non-hydrogen) atoms. The van der Waals surface area contributed by atoms with Gasteiger partial charge in [-0.1, -0.05) is 29.8 Å². The molecule has 1 aliphatic rings. The average Bonchev–Trinajstić information content (AvgIpc) is 3.23. The minimum atomic E-state index is 0.110. The van der Waals surface area contributed by atoms with Gasteiger partial charge in [0.1, 0.15) is 0 Å². The summed E-state index contributed by atoms with van der Waals surface area (Å²) in [5.41, 5.74) is 4.01. The monoisotopic (exact) mass is 376 g/mol. The van der Waals surface area contributed by atoms with Gasteiger partial charge in [0.25, 0.3) is 5.91 Å². The molecule has 3 aromatic rings. The molecule has 1 aliphatic heterocycles. The zero-order valence-corrected chi connectivity index (χ0v) is 16.3. The van der Waals surface area contributed by atoms with Gasteiger partial charge in [-0.15, -0.1) is 0 Å². The minimum Gasteiger partial charge on any atom is -0.368 e. The molecule has 0 atom stereocenters. The van der Waals surface area contributed by atoms with E-state index in [9.17, 15) is 4.79 Å². The number of carbonyl (C=O) groups excluding carboxylic acids is 1. The van der Waals surface area contributed by atoms with Gasteiger partial charge < -0.3 is 14.3 Å². The van der Waals surface area contributed by atoms with Crippen LogP contribution in [0, 0.1) is 6.92 Å². The molecule has 1 fully saturated rings. The molecular weight excluding hydrogens is 352 g/mol. The fourth-order valence-corrected chi connectivity index (χ4v) is 3.38. The first-order valence-corrected chi connectivity index (χ1v) is 9.68. The molecule has 2 heterocycles. The van der Waals surface area contributed by atoms with E-state index in [4.69, 9.17) is 4.52 Å². The third kappa shape index (κ3) is 3.76. The normalized spacial score (nSPS) is 14.4. The number of benzene rings is 2. The molecule has 0 aliphatic carbocycles. The lowest BCUT2D eigenvalue weighted by Gasteiger charge is -2.36. The Morgan fingerprint density at radius 2 is 1.68 bits per heavy atom. The molecule has 4 rings (SSSR count). The van der Waals surface area contributed by atoms with E-state index in [2.05, 4.69) is 27.2 Å². The fraction of sp³-hybridized carbons (Fsp3) is 0.318. The largest absolute Gasteiger partial charge is 0.368 e. The summed E-state index contributed by atoms with van der Waals surface area (Å²) >= 11 is 0. The molecule has 1 amide bonds. The van der Waals surface area contributed by atoms with Gasteiger partial charge in [-0.3, -0.25) is 4.79 Å². The Hall–Kier alpha value is -3.15. The van der Waals surface area contributed by atoms with Crippen LogP contribution in [0.25, 0.3) is 11.4 Å². The molecule has 0 N–H and O–H groups in total. The van der Waals surface area contributed by atoms with Crippen LogP contribution in [-0.2, 0) is 6.42 Å². The quantitative estimate of drug-likeness (QED) is 0.697. The van der Waals surface area contributed by atoms with Crippen LogP contribution < -0.4 is 4.90 Å². The number of hydrogen-bond donors (Lipinski definition) is 0. The van der Waals surface area contributed by atoms with Gasteiger partial charge in [-0.05, 0) is 43.3 Å². The Labute approximate surface area is 164 Å². The van der Waals surface area contributed by atoms with Crippen molar-refractivity contribution in [3.63, 3.8) is 0 Å². The van der Waals surface area contributed by atoms with Crippen molar-refractivity contribution in [2.45, 2.75) is 20.3 Å². The number of rotatable bonds is 4. The van der Waals surface area contributed by atoms with Crippen molar-refractivity contribution in [2.75, 3.05) is 31.1 Å². The van der Waals surface area contributed by atoms with Gasteiger partial charge in [-0.2, -0.15) is 4.98 Å². The molecule has 2 aromatic carbocycles. The van der Waals surface area contributed by atoms with E-state index < -0.39 is 0 Å². The Morgan fingerprint density at radius 3 is 2.29 bits per heavy atom. The van der Waals surface area contributed by atoms with E-state index >= 15 is 0 Å². The zero-order chi connectivity index (χ0) is 19.5.